The van der Waals surface area contributed by atoms with E-state index in [0.29, 0.717) is 0 Å². The van der Waals surface area contributed by atoms with Gasteiger partial charge < -0.3 is 10.6 Å². The summed E-state index contributed by atoms with van der Waals surface area (Å²) in [5.41, 5.74) is 5.71. The van der Waals surface area contributed by atoms with Crippen molar-refractivity contribution in [2.45, 2.75) is 25.7 Å². The van der Waals surface area contributed by atoms with E-state index in [1.807, 2.05) is 0 Å². The topological polar surface area (TPSA) is 29.3 Å². The maximum Gasteiger partial charge on any atom is 0.00698 e. The van der Waals surface area contributed by atoms with Crippen LogP contribution in [0.3, 0.4) is 0 Å². The molecule has 0 radical (unpaired) electrons. The molecular formula is C10H22N2S. The van der Waals surface area contributed by atoms with Crippen molar-refractivity contribution in [1.82, 2.24) is 4.90 Å². The summed E-state index contributed by atoms with van der Waals surface area (Å²) in [6.07, 6.45) is 5.31. The van der Waals surface area contributed by atoms with E-state index in [-0.39, 0.29) is 0 Å². The molecule has 0 aromatic heterocycles. The third kappa shape index (κ3) is 4.34. The quantitative estimate of drug-likeness (QED) is 0.677. The number of nitrogens with two attached hydrogens (primary N) is 1. The van der Waals surface area contributed by atoms with Gasteiger partial charge in [0.05, 0.1) is 0 Å². The molecular weight excluding hydrogens is 180 g/mol. The second-order valence-corrected chi connectivity index (χ2v) is 4.40. The van der Waals surface area contributed by atoms with E-state index in [4.69, 9.17) is 5.73 Å². The maximum absolute atomic E-state index is 5.71. The smallest absolute Gasteiger partial charge is 0.00698 e. The molecule has 2 nitrogen and oxygen atoms in total. The SMILES string of the molecule is NCC1CCCCN(CCS)CC1. The van der Waals surface area contributed by atoms with Crippen LogP contribution in [-0.4, -0.2) is 36.8 Å². The van der Waals surface area contributed by atoms with Crippen LogP contribution in [0.5, 0.6) is 0 Å². The average Bonchev–Trinajstić information content (AvgIpc) is 2.11. The summed E-state index contributed by atoms with van der Waals surface area (Å²) in [5.74, 6) is 1.75. The van der Waals surface area contributed by atoms with Crippen molar-refractivity contribution in [3.8, 4) is 0 Å². The first-order valence-corrected chi connectivity index (χ1v) is 6.03. The highest BCUT2D eigenvalue weighted by Crippen LogP contribution is 2.16. The molecule has 13 heavy (non-hydrogen) atoms. The van der Waals surface area contributed by atoms with Crippen LogP contribution in [0.1, 0.15) is 25.7 Å². The Morgan fingerprint density at radius 3 is 2.77 bits per heavy atom. The standard InChI is InChI=1S/C10H22N2S/c11-9-10-3-1-2-5-12(6-4-10)7-8-13/h10,13H,1-9,11H2. The highest BCUT2D eigenvalue weighted by molar-refractivity contribution is 7.80. The number of hydrogen-bond donors (Lipinski definition) is 2. The fraction of sp³-hybridized carbons (Fsp3) is 1.00. The highest BCUT2D eigenvalue weighted by atomic mass is 32.1. The first-order valence-electron chi connectivity index (χ1n) is 5.40. The predicted molar refractivity (Wildman–Crippen MR) is 61.3 cm³/mol. The highest BCUT2D eigenvalue weighted by Gasteiger charge is 2.13. The Balaban J connectivity index is 2.27. The third-order valence-corrected chi connectivity index (χ3v) is 3.14. The van der Waals surface area contributed by atoms with Gasteiger partial charge in [0, 0.05) is 12.3 Å². The van der Waals surface area contributed by atoms with E-state index in [1.54, 1.807) is 0 Å². The van der Waals surface area contributed by atoms with Gasteiger partial charge in [-0.15, -0.1) is 0 Å². The molecule has 1 fully saturated rings. The van der Waals surface area contributed by atoms with Gasteiger partial charge in [-0.3, -0.25) is 0 Å². The number of thiol groups is 1. The Hall–Kier alpha value is 0.270. The second kappa shape index (κ2) is 6.68. The lowest BCUT2D eigenvalue weighted by Gasteiger charge is -2.27. The Morgan fingerprint density at radius 1 is 1.23 bits per heavy atom. The van der Waals surface area contributed by atoms with Gasteiger partial charge in [0.25, 0.3) is 0 Å². The molecule has 1 heterocycles. The Bertz CT molecular complexity index is 130. The molecule has 1 aliphatic heterocycles. The number of likely N-dealkylation sites (tertiary alicyclic amines) is 1. The zero-order valence-corrected chi connectivity index (χ0v) is 9.31. The predicted octanol–water partition coefficient (Wildman–Crippen LogP) is 1.37. The first-order chi connectivity index (χ1) is 6.36. The molecule has 1 rings (SSSR count). The third-order valence-electron chi connectivity index (χ3n) is 2.94. The van der Waals surface area contributed by atoms with E-state index in [2.05, 4.69) is 17.5 Å². The molecule has 1 aliphatic rings. The van der Waals surface area contributed by atoms with E-state index < -0.39 is 0 Å². The van der Waals surface area contributed by atoms with Gasteiger partial charge in [-0.2, -0.15) is 12.6 Å². The maximum atomic E-state index is 5.71. The molecule has 0 saturated carbocycles. The van der Waals surface area contributed by atoms with Gasteiger partial charge in [0.2, 0.25) is 0 Å². The number of rotatable bonds is 3. The normalized spacial score (nSPS) is 26.8. The summed E-state index contributed by atoms with van der Waals surface area (Å²) in [6.45, 7) is 4.50. The zero-order chi connectivity index (χ0) is 9.52. The lowest BCUT2D eigenvalue weighted by molar-refractivity contribution is 0.232. The van der Waals surface area contributed by atoms with E-state index in [9.17, 15) is 0 Å². The van der Waals surface area contributed by atoms with Gasteiger partial charge >= 0.3 is 0 Å². The molecule has 0 spiro atoms. The monoisotopic (exact) mass is 202 g/mol. The van der Waals surface area contributed by atoms with Gasteiger partial charge in [0.15, 0.2) is 0 Å². The van der Waals surface area contributed by atoms with Crippen molar-refractivity contribution < 1.29 is 0 Å². The van der Waals surface area contributed by atoms with E-state index >= 15 is 0 Å². The Kier molecular flexibility index (Phi) is 5.83. The van der Waals surface area contributed by atoms with Crippen LogP contribution in [0, 0.1) is 5.92 Å². The van der Waals surface area contributed by atoms with Crippen LogP contribution in [-0.2, 0) is 0 Å². The Labute approximate surface area is 87.3 Å². The molecule has 0 amide bonds. The van der Waals surface area contributed by atoms with Crippen molar-refractivity contribution in [3.63, 3.8) is 0 Å². The minimum Gasteiger partial charge on any atom is -0.330 e. The van der Waals surface area contributed by atoms with Crippen molar-refractivity contribution in [3.05, 3.63) is 0 Å². The van der Waals surface area contributed by atoms with Crippen molar-refractivity contribution in [2.24, 2.45) is 11.7 Å². The van der Waals surface area contributed by atoms with Crippen molar-refractivity contribution >= 4 is 12.6 Å². The molecule has 0 bridgehead atoms. The fourth-order valence-corrected chi connectivity index (χ4v) is 2.27. The van der Waals surface area contributed by atoms with Crippen LogP contribution in [0.25, 0.3) is 0 Å². The number of nitrogens with zero attached hydrogens (tertiary/aromatic N) is 1. The van der Waals surface area contributed by atoms with Crippen LogP contribution >= 0.6 is 12.6 Å². The van der Waals surface area contributed by atoms with Crippen molar-refractivity contribution in [1.29, 1.82) is 0 Å². The molecule has 3 heteroatoms. The fourth-order valence-electron chi connectivity index (χ4n) is 1.99. The summed E-state index contributed by atoms with van der Waals surface area (Å²) in [7, 11) is 0. The molecule has 2 N–H and O–H groups in total. The Morgan fingerprint density at radius 2 is 2.08 bits per heavy atom. The minimum absolute atomic E-state index is 0.766. The van der Waals surface area contributed by atoms with Crippen LogP contribution < -0.4 is 5.73 Å². The van der Waals surface area contributed by atoms with Crippen LogP contribution in [0.4, 0.5) is 0 Å². The molecule has 0 aromatic rings. The molecule has 0 aromatic carbocycles. The second-order valence-electron chi connectivity index (χ2n) is 3.95. The molecule has 0 aliphatic carbocycles. The van der Waals surface area contributed by atoms with Gasteiger partial charge in [-0.25, -0.2) is 0 Å². The zero-order valence-electron chi connectivity index (χ0n) is 8.41. The summed E-state index contributed by atoms with van der Waals surface area (Å²) >= 11 is 4.27. The summed E-state index contributed by atoms with van der Waals surface area (Å²) < 4.78 is 0. The van der Waals surface area contributed by atoms with Crippen LogP contribution in [0.15, 0.2) is 0 Å². The van der Waals surface area contributed by atoms with Gasteiger partial charge in [-0.05, 0) is 44.8 Å². The van der Waals surface area contributed by atoms with E-state index in [1.165, 1.54) is 38.8 Å². The minimum atomic E-state index is 0.766. The first kappa shape index (κ1) is 11.3. The van der Waals surface area contributed by atoms with Gasteiger partial charge in [0.1, 0.15) is 0 Å². The lowest BCUT2D eigenvalue weighted by atomic mass is 9.96. The summed E-state index contributed by atoms with van der Waals surface area (Å²) in [4.78, 5) is 2.52. The summed E-state index contributed by atoms with van der Waals surface area (Å²) in [5, 5.41) is 0. The van der Waals surface area contributed by atoms with Crippen LogP contribution in [0.2, 0.25) is 0 Å². The number of hydrogen-bond acceptors (Lipinski definition) is 3. The molecule has 78 valence electrons. The van der Waals surface area contributed by atoms with Gasteiger partial charge in [-0.1, -0.05) is 6.42 Å². The summed E-state index contributed by atoms with van der Waals surface area (Å²) in [6, 6.07) is 0. The molecule has 1 unspecified atom stereocenters. The molecule has 1 saturated heterocycles. The van der Waals surface area contributed by atoms with Crippen molar-refractivity contribution in [2.75, 3.05) is 31.9 Å². The molecule has 1 atom stereocenters. The largest absolute Gasteiger partial charge is 0.330 e. The average molecular weight is 202 g/mol. The lowest BCUT2D eigenvalue weighted by Crippen LogP contribution is -2.32. The van der Waals surface area contributed by atoms with E-state index in [0.717, 1.165) is 24.8 Å².